The van der Waals surface area contributed by atoms with E-state index in [1.807, 2.05) is 0 Å². The van der Waals surface area contributed by atoms with Crippen molar-refractivity contribution in [3.63, 3.8) is 0 Å². The standard InChI is InChI=1S/C15H21NO3/c1-11(18)12-5-6-15(19)13(8-12)9-16-7-3-2-4-14(16)10-17/h5-6,8,14,17,19H,2-4,7,9-10H2,1H3. The number of carbonyl (C=O) groups excluding carboxylic acids is 1. The van der Waals surface area contributed by atoms with Crippen LogP contribution >= 0.6 is 0 Å². The van der Waals surface area contributed by atoms with E-state index in [-0.39, 0.29) is 24.2 Å². The van der Waals surface area contributed by atoms with Crippen LogP contribution < -0.4 is 0 Å². The molecule has 0 aliphatic carbocycles. The van der Waals surface area contributed by atoms with E-state index in [4.69, 9.17) is 0 Å². The molecule has 104 valence electrons. The Morgan fingerprint density at radius 1 is 1.42 bits per heavy atom. The van der Waals surface area contributed by atoms with Crippen molar-refractivity contribution in [1.29, 1.82) is 0 Å². The van der Waals surface area contributed by atoms with Gasteiger partial charge in [-0.2, -0.15) is 0 Å². The lowest BCUT2D eigenvalue weighted by Gasteiger charge is -2.34. The summed E-state index contributed by atoms with van der Waals surface area (Å²) in [6, 6.07) is 5.13. The third-order valence-corrected chi connectivity index (χ3v) is 3.82. The molecular weight excluding hydrogens is 242 g/mol. The van der Waals surface area contributed by atoms with Crippen LogP contribution in [0.15, 0.2) is 18.2 Å². The number of piperidine rings is 1. The summed E-state index contributed by atoms with van der Waals surface area (Å²) in [7, 11) is 0. The van der Waals surface area contributed by atoms with Gasteiger partial charge in [-0.25, -0.2) is 0 Å². The van der Waals surface area contributed by atoms with Gasteiger partial charge in [0.1, 0.15) is 5.75 Å². The minimum Gasteiger partial charge on any atom is -0.508 e. The number of aliphatic hydroxyl groups excluding tert-OH is 1. The molecule has 0 radical (unpaired) electrons. The Bertz CT molecular complexity index is 459. The SMILES string of the molecule is CC(=O)c1ccc(O)c(CN2CCCCC2CO)c1. The largest absolute Gasteiger partial charge is 0.508 e. The lowest BCUT2D eigenvalue weighted by atomic mass is 10.0. The van der Waals surface area contributed by atoms with E-state index in [1.165, 1.54) is 6.92 Å². The molecule has 1 aromatic rings. The summed E-state index contributed by atoms with van der Waals surface area (Å²) in [4.78, 5) is 13.6. The Morgan fingerprint density at radius 3 is 2.89 bits per heavy atom. The molecule has 2 N–H and O–H groups in total. The first kappa shape index (κ1) is 14.0. The van der Waals surface area contributed by atoms with Crippen molar-refractivity contribution >= 4 is 5.78 Å². The van der Waals surface area contributed by atoms with Gasteiger partial charge in [-0.1, -0.05) is 6.42 Å². The number of nitrogens with zero attached hydrogens (tertiary/aromatic N) is 1. The first-order valence-corrected chi connectivity index (χ1v) is 6.79. The molecule has 1 saturated heterocycles. The minimum absolute atomic E-state index is 0.00129. The number of benzene rings is 1. The lowest BCUT2D eigenvalue weighted by molar-refractivity contribution is 0.0834. The highest BCUT2D eigenvalue weighted by molar-refractivity contribution is 5.94. The number of likely N-dealkylation sites (tertiary alicyclic amines) is 1. The maximum Gasteiger partial charge on any atom is 0.159 e. The Hall–Kier alpha value is -1.39. The van der Waals surface area contributed by atoms with Gasteiger partial charge in [-0.05, 0) is 44.5 Å². The van der Waals surface area contributed by atoms with E-state index >= 15 is 0 Å². The van der Waals surface area contributed by atoms with Gasteiger partial charge in [0.15, 0.2) is 5.78 Å². The van der Waals surface area contributed by atoms with Gasteiger partial charge < -0.3 is 10.2 Å². The quantitative estimate of drug-likeness (QED) is 0.815. The van der Waals surface area contributed by atoms with Gasteiger partial charge in [-0.15, -0.1) is 0 Å². The van der Waals surface area contributed by atoms with E-state index in [0.29, 0.717) is 12.1 Å². The van der Waals surface area contributed by atoms with Gasteiger partial charge in [0, 0.05) is 23.7 Å². The van der Waals surface area contributed by atoms with E-state index < -0.39 is 0 Å². The molecule has 2 rings (SSSR count). The summed E-state index contributed by atoms with van der Waals surface area (Å²) in [5.74, 6) is 0.214. The van der Waals surface area contributed by atoms with Crippen LogP contribution in [0, 0.1) is 0 Å². The highest BCUT2D eigenvalue weighted by atomic mass is 16.3. The third-order valence-electron chi connectivity index (χ3n) is 3.82. The smallest absolute Gasteiger partial charge is 0.159 e. The molecule has 19 heavy (non-hydrogen) atoms. The number of hydrogen-bond donors (Lipinski definition) is 2. The van der Waals surface area contributed by atoms with Gasteiger partial charge in [-0.3, -0.25) is 9.69 Å². The topological polar surface area (TPSA) is 60.8 Å². The predicted octanol–water partition coefficient (Wildman–Crippen LogP) is 1.94. The molecular formula is C15H21NO3. The van der Waals surface area contributed by atoms with Crippen LogP contribution in [0.25, 0.3) is 0 Å². The van der Waals surface area contributed by atoms with E-state index in [2.05, 4.69) is 4.90 Å². The fourth-order valence-electron chi connectivity index (χ4n) is 2.62. The number of aliphatic hydroxyl groups is 1. The highest BCUT2D eigenvalue weighted by Gasteiger charge is 2.22. The molecule has 1 aliphatic rings. The number of ketones is 1. The number of phenols is 1. The molecule has 1 unspecified atom stereocenters. The fourth-order valence-corrected chi connectivity index (χ4v) is 2.62. The van der Waals surface area contributed by atoms with Crippen molar-refractivity contribution in [3.05, 3.63) is 29.3 Å². The Morgan fingerprint density at radius 2 is 2.21 bits per heavy atom. The van der Waals surface area contributed by atoms with Crippen LogP contribution in [0.1, 0.15) is 42.1 Å². The zero-order valence-corrected chi connectivity index (χ0v) is 11.3. The fraction of sp³-hybridized carbons (Fsp3) is 0.533. The summed E-state index contributed by atoms with van der Waals surface area (Å²) in [5, 5.41) is 19.3. The number of hydrogen-bond acceptors (Lipinski definition) is 4. The second-order valence-electron chi connectivity index (χ2n) is 5.20. The maximum atomic E-state index is 11.4. The molecule has 0 amide bonds. The van der Waals surface area contributed by atoms with E-state index in [0.717, 1.165) is 31.4 Å². The summed E-state index contributed by atoms with van der Waals surface area (Å²) < 4.78 is 0. The van der Waals surface area contributed by atoms with Crippen molar-refractivity contribution in [2.24, 2.45) is 0 Å². The van der Waals surface area contributed by atoms with Crippen molar-refractivity contribution in [1.82, 2.24) is 4.90 Å². The average Bonchev–Trinajstić information content (AvgIpc) is 2.41. The number of carbonyl (C=O) groups is 1. The van der Waals surface area contributed by atoms with Crippen LogP contribution in [-0.4, -0.2) is 40.1 Å². The molecule has 1 fully saturated rings. The molecule has 1 aliphatic heterocycles. The third kappa shape index (κ3) is 3.33. The highest BCUT2D eigenvalue weighted by Crippen LogP contribution is 2.25. The average molecular weight is 263 g/mol. The predicted molar refractivity (Wildman–Crippen MR) is 73.2 cm³/mol. The molecule has 0 aromatic heterocycles. The summed E-state index contributed by atoms with van der Waals surface area (Å²) in [5.41, 5.74) is 1.37. The maximum absolute atomic E-state index is 11.4. The van der Waals surface area contributed by atoms with Crippen molar-refractivity contribution in [2.45, 2.75) is 38.8 Å². The summed E-state index contributed by atoms with van der Waals surface area (Å²) in [6.45, 7) is 3.17. The normalized spacial score (nSPS) is 20.4. The monoisotopic (exact) mass is 263 g/mol. The van der Waals surface area contributed by atoms with Crippen molar-refractivity contribution in [2.75, 3.05) is 13.2 Å². The molecule has 0 spiro atoms. The molecule has 1 atom stereocenters. The minimum atomic E-state index is -0.00129. The van der Waals surface area contributed by atoms with Crippen LogP contribution in [0.5, 0.6) is 5.75 Å². The number of Topliss-reactive ketones (excluding diaryl/α,β-unsaturated/α-hetero) is 1. The van der Waals surface area contributed by atoms with Crippen molar-refractivity contribution < 1.29 is 15.0 Å². The lowest BCUT2D eigenvalue weighted by Crippen LogP contribution is -2.41. The number of phenolic OH excluding ortho intramolecular Hbond substituents is 1. The molecule has 4 nitrogen and oxygen atoms in total. The van der Waals surface area contributed by atoms with Crippen LogP contribution in [0.2, 0.25) is 0 Å². The summed E-state index contributed by atoms with van der Waals surface area (Å²) >= 11 is 0. The van der Waals surface area contributed by atoms with E-state index in [1.54, 1.807) is 18.2 Å². The molecule has 1 heterocycles. The van der Waals surface area contributed by atoms with Gasteiger partial charge in [0.25, 0.3) is 0 Å². The zero-order valence-electron chi connectivity index (χ0n) is 11.3. The van der Waals surface area contributed by atoms with E-state index in [9.17, 15) is 15.0 Å². The zero-order chi connectivity index (χ0) is 13.8. The van der Waals surface area contributed by atoms with Crippen LogP contribution in [0.4, 0.5) is 0 Å². The Balaban J connectivity index is 2.17. The first-order chi connectivity index (χ1) is 9.11. The first-order valence-electron chi connectivity index (χ1n) is 6.79. The van der Waals surface area contributed by atoms with Crippen molar-refractivity contribution in [3.8, 4) is 5.75 Å². The Kier molecular flexibility index (Phi) is 4.56. The molecule has 0 bridgehead atoms. The second-order valence-corrected chi connectivity index (χ2v) is 5.20. The van der Waals surface area contributed by atoms with Gasteiger partial charge in [0.05, 0.1) is 6.61 Å². The summed E-state index contributed by atoms with van der Waals surface area (Å²) in [6.07, 6.45) is 3.24. The van der Waals surface area contributed by atoms with Crippen LogP contribution in [-0.2, 0) is 6.54 Å². The molecule has 4 heteroatoms. The van der Waals surface area contributed by atoms with Gasteiger partial charge >= 0.3 is 0 Å². The van der Waals surface area contributed by atoms with Gasteiger partial charge in [0.2, 0.25) is 0 Å². The second kappa shape index (κ2) is 6.17. The molecule has 1 aromatic carbocycles. The Labute approximate surface area is 113 Å². The molecule has 0 saturated carbocycles. The van der Waals surface area contributed by atoms with Crippen LogP contribution in [0.3, 0.4) is 0 Å². The number of aromatic hydroxyl groups is 1. The number of rotatable bonds is 4.